The number of nitriles is 1. The number of methoxy groups -OCH3 is 1. The summed E-state index contributed by atoms with van der Waals surface area (Å²) >= 11 is 0. The van der Waals surface area contributed by atoms with Crippen molar-refractivity contribution >= 4 is 11.6 Å². The van der Waals surface area contributed by atoms with Crippen molar-refractivity contribution in [2.75, 3.05) is 64.4 Å². The van der Waals surface area contributed by atoms with Gasteiger partial charge in [-0.1, -0.05) is 12.1 Å². The van der Waals surface area contributed by atoms with Gasteiger partial charge in [0.15, 0.2) is 0 Å². The molecule has 0 radical (unpaired) electrons. The smallest absolute Gasteiger partial charge is 0.223 e. The van der Waals surface area contributed by atoms with Crippen LogP contribution >= 0.6 is 0 Å². The topological polar surface area (TPSA) is 59.8 Å². The van der Waals surface area contributed by atoms with Crippen LogP contribution in [0.3, 0.4) is 0 Å². The average Bonchev–Trinajstić information content (AvgIpc) is 2.99. The Morgan fingerprint density at radius 1 is 1.24 bits per heavy atom. The number of hydrogen-bond acceptors (Lipinski definition) is 5. The zero-order valence-corrected chi connectivity index (χ0v) is 14.9. The fourth-order valence-electron chi connectivity index (χ4n) is 3.77. The van der Waals surface area contributed by atoms with Gasteiger partial charge in [-0.2, -0.15) is 5.26 Å². The second-order valence-corrected chi connectivity index (χ2v) is 6.82. The molecule has 1 aromatic rings. The minimum absolute atomic E-state index is 0.253. The van der Waals surface area contributed by atoms with Crippen LogP contribution in [-0.2, 0) is 9.53 Å². The third-order valence-corrected chi connectivity index (χ3v) is 5.11. The van der Waals surface area contributed by atoms with Crippen molar-refractivity contribution in [3.05, 3.63) is 29.8 Å². The molecule has 6 heteroatoms. The minimum atomic E-state index is 0.253. The number of rotatable bonds is 6. The fraction of sp³-hybridized carbons (Fsp3) is 0.579. The number of hydrogen-bond donors (Lipinski definition) is 0. The molecule has 134 valence electrons. The van der Waals surface area contributed by atoms with E-state index in [4.69, 9.17) is 4.74 Å². The van der Waals surface area contributed by atoms with E-state index >= 15 is 0 Å². The molecular weight excluding hydrogens is 316 g/mol. The molecule has 3 rings (SSSR count). The summed E-state index contributed by atoms with van der Waals surface area (Å²) < 4.78 is 5.08. The average molecular weight is 342 g/mol. The molecule has 2 aliphatic rings. The quantitative estimate of drug-likeness (QED) is 0.777. The number of likely N-dealkylation sites (tertiary alicyclic amines) is 1. The Morgan fingerprint density at radius 2 is 2.00 bits per heavy atom. The van der Waals surface area contributed by atoms with E-state index in [1.165, 1.54) is 0 Å². The maximum Gasteiger partial charge on any atom is 0.223 e. The highest BCUT2D eigenvalue weighted by Crippen LogP contribution is 2.23. The summed E-state index contributed by atoms with van der Waals surface area (Å²) in [6, 6.07) is 10.1. The van der Waals surface area contributed by atoms with E-state index in [0.717, 1.165) is 50.5 Å². The standard InChI is InChI=1S/C19H26N4O2/c1-25-11-10-23-15-16(12-19(23)24)14-21-6-8-22(9-7-21)18-5-3-2-4-17(18)13-20/h2-5,16H,6-12,14-15H2,1H3/t16-/m0/s1. The van der Waals surface area contributed by atoms with Gasteiger partial charge in [0.2, 0.25) is 5.91 Å². The number of piperazine rings is 1. The second-order valence-electron chi connectivity index (χ2n) is 6.82. The lowest BCUT2D eigenvalue weighted by atomic mass is 10.1. The number of benzene rings is 1. The largest absolute Gasteiger partial charge is 0.383 e. The van der Waals surface area contributed by atoms with E-state index in [0.29, 0.717) is 25.5 Å². The van der Waals surface area contributed by atoms with Crippen molar-refractivity contribution in [1.29, 1.82) is 5.26 Å². The van der Waals surface area contributed by atoms with Crippen molar-refractivity contribution in [1.82, 2.24) is 9.80 Å². The Bertz CT molecular complexity index is 635. The molecule has 1 amide bonds. The Morgan fingerprint density at radius 3 is 2.72 bits per heavy atom. The van der Waals surface area contributed by atoms with Gasteiger partial charge in [-0.3, -0.25) is 9.69 Å². The Hall–Kier alpha value is -2.10. The lowest BCUT2D eigenvalue weighted by Crippen LogP contribution is -2.48. The van der Waals surface area contributed by atoms with E-state index in [1.807, 2.05) is 29.2 Å². The molecule has 2 aliphatic heterocycles. The highest BCUT2D eigenvalue weighted by molar-refractivity contribution is 5.78. The Balaban J connectivity index is 1.49. The van der Waals surface area contributed by atoms with Gasteiger partial charge >= 0.3 is 0 Å². The van der Waals surface area contributed by atoms with Crippen LogP contribution in [0, 0.1) is 17.2 Å². The highest BCUT2D eigenvalue weighted by Gasteiger charge is 2.31. The lowest BCUT2D eigenvalue weighted by molar-refractivity contribution is -0.128. The third-order valence-electron chi connectivity index (χ3n) is 5.11. The monoisotopic (exact) mass is 342 g/mol. The van der Waals surface area contributed by atoms with Gasteiger partial charge in [-0.25, -0.2) is 0 Å². The maximum absolute atomic E-state index is 12.1. The molecule has 0 saturated carbocycles. The molecule has 0 aliphatic carbocycles. The van der Waals surface area contributed by atoms with Crippen LogP contribution in [0.25, 0.3) is 0 Å². The summed E-state index contributed by atoms with van der Waals surface area (Å²) in [6.45, 7) is 6.92. The van der Waals surface area contributed by atoms with Crippen LogP contribution in [0.4, 0.5) is 5.69 Å². The van der Waals surface area contributed by atoms with E-state index in [2.05, 4.69) is 15.9 Å². The number of anilines is 1. The van der Waals surface area contributed by atoms with Crippen LogP contribution in [-0.4, -0.2) is 75.2 Å². The molecule has 0 bridgehead atoms. The summed E-state index contributed by atoms with van der Waals surface area (Å²) in [5.74, 6) is 0.672. The molecule has 2 saturated heterocycles. The first-order valence-corrected chi connectivity index (χ1v) is 8.94. The molecule has 2 heterocycles. The van der Waals surface area contributed by atoms with Crippen LogP contribution < -0.4 is 4.90 Å². The van der Waals surface area contributed by atoms with Crippen LogP contribution in [0.5, 0.6) is 0 Å². The van der Waals surface area contributed by atoms with Gasteiger partial charge in [0.05, 0.1) is 17.9 Å². The summed E-state index contributed by atoms with van der Waals surface area (Å²) in [6.07, 6.45) is 0.654. The molecule has 0 N–H and O–H groups in total. The van der Waals surface area contributed by atoms with Gasteiger partial charge in [-0.05, 0) is 18.1 Å². The molecule has 2 fully saturated rings. The Kier molecular flexibility index (Phi) is 5.90. The summed E-state index contributed by atoms with van der Waals surface area (Å²) in [5, 5.41) is 9.27. The van der Waals surface area contributed by atoms with Crippen LogP contribution in [0.1, 0.15) is 12.0 Å². The van der Waals surface area contributed by atoms with Gasteiger partial charge in [0, 0.05) is 59.3 Å². The molecule has 0 unspecified atom stereocenters. The van der Waals surface area contributed by atoms with Crippen LogP contribution in [0.2, 0.25) is 0 Å². The first-order chi connectivity index (χ1) is 12.2. The normalized spacial score (nSPS) is 21.6. The van der Waals surface area contributed by atoms with E-state index < -0.39 is 0 Å². The summed E-state index contributed by atoms with van der Waals surface area (Å²) in [5.41, 5.74) is 1.78. The summed E-state index contributed by atoms with van der Waals surface area (Å²) in [7, 11) is 1.67. The first-order valence-electron chi connectivity index (χ1n) is 8.94. The van der Waals surface area contributed by atoms with Crippen molar-refractivity contribution in [2.24, 2.45) is 5.92 Å². The fourth-order valence-corrected chi connectivity index (χ4v) is 3.77. The van der Waals surface area contributed by atoms with Crippen molar-refractivity contribution in [2.45, 2.75) is 6.42 Å². The molecule has 1 atom stereocenters. The molecule has 6 nitrogen and oxygen atoms in total. The number of ether oxygens (including phenoxy) is 1. The SMILES string of the molecule is COCCN1C[C@H](CN2CCN(c3ccccc3C#N)CC2)CC1=O. The van der Waals surface area contributed by atoms with E-state index in [9.17, 15) is 10.1 Å². The molecule has 25 heavy (non-hydrogen) atoms. The summed E-state index contributed by atoms with van der Waals surface area (Å²) in [4.78, 5) is 18.7. The minimum Gasteiger partial charge on any atom is -0.383 e. The van der Waals surface area contributed by atoms with E-state index in [1.54, 1.807) is 7.11 Å². The molecule has 0 spiro atoms. The third kappa shape index (κ3) is 4.30. The predicted octanol–water partition coefficient (Wildman–Crippen LogP) is 1.18. The van der Waals surface area contributed by atoms with Gasteiger partial charge in [0.25, 0.3) is 0 Å². The van der Waals surface area contributed by atoms with Crippen molar-refractivity contribution in [3.8, 4) is 6.07 Å². The van der Waals surface area contributed by atoms with Gasteiger partial charge in [-0.15, -0.1) is 0 Å². The molecule has 1 aromatic carbocycles. The van der Waals surface area contributed by atoms with Crippen LogP contribution in [0.15, 0.2) is 24.3 Å². The zero-order valence-electron chi connectivity index (χ0n) is 14.9. The predicted molar refractivity (Wildman–Crippen MR) is 96.4 cm³/mol. The van der Waals surface area contributed by atoms with E-state index in [-0.39, 0.29) is 5.91 Å². The van der Waals surface area contributed by atoms with Gasteiger partial charge in [0.1, 0.15) is 6.07 Å². The molecular formula is C19H26N4O2. The number of nitrogens with zero attached hydrogens (tertiary/aromatic N) is 4. The molecule has 0 aromatic heterocycles. The second kappa shape index (κ2) is 8.32. The number of carbonyl (C=O) groups is 1. The number of para-hydroxylation sites is 1. The Labute approximate surface area is 149 Å². The van der Waals surface area contributed by atoms with Crippen molar-refractivity contribution in [3.63, 3.8) is 0 Å². The maximum atomic E-state index is 12.1. The zero-order chi connectivity index (χ0) is 17.6. The highest BCUT2D eigenvalue weighted by atomic mass is 16.5. The number of amides is 1. The number of carbonyl (C=O) groups excluding carboxylic acids is 1. The van der Waals surface area contributed by atoms with Crippen molar-refractivity contribution < 1.29 is 9.53 Å². The van der Waals surface area contributed by atoms with Gasteiger partial charge < -0.3 is 14.5 Å². The lowest BCUT2D eigenvalue weighted by Gasteiger charge is -2.37. The first kappa shape index (κ1) is 17.7.